The van der Waals surface area contributed by atoms with E-state index in [4.69, 9.17) is 16.7 Å². The molecule has 6 heteroatoms. The number of primary sulfonamides is 1. The minimum Gasteiger partial charge on any atom is -0.255 e. The van der Waals surface area contributed by atoms with Gasteiger partial charge in [0.2, 0.25) is 10.0 Å². The van der Waals surface area contributed by atoms with Crippen molar-refractivity contribution in [3.8, 4) is 0 Å². The van der Waals surface area contributed by atoms with Gasteiger partial charge in [0.15, 0.2) is 0 Å². The van der Waals surface area contributed by atoms with Crippen LogP contribution in [0.25, 0.3) is 11.1 Å². The fraction of sp³-hybridized carbons (Fsp3) is 0.278. The summed E-state index contributed by atoms with van der Waals surface area (Å²) in [6.07, 6.45) is 5.86. The summed E-state index contributed by atoms with van der Waals surface area (Å²) >= 11 is 6.00. The molecule has 0 saturated heterocycles. The number of halogens is 1. The van der Waals surface area contributed by atoms with Gasteiger partial charge in [-0.15, -0.1) is 0 Å². The van der Waals surface area contributed by atoms with Crippen LogP contribution in [0.1, 0.15) is 36.9 Å². The van der Waals surface area contributed by atoms with Crippen LogP contribution in [0.15, 0.2) is 47.5 Å². The van der Waals surface area contributed by atoms with Crippen LogP contribution >= 0.6 is 11.6 Å². The van der Waals surface area contributed by atoms with Gasteiger partial charge < -0.3 is 0 Å². The largest absolute Gasteiger partial charge is 0.255 e. The first-order chi connectivity index (χ1) is 11.4. The van der Waals surface area contributed by atoms with Crippen LogP contribution in [-0.2, 0) is 10.0 Å². The van der Waals surface area contributed by atoms with Crippen LogP contribution < -0.4 is 5.14 Å². The number of rotatable bonds is 3. The zero-order valence-corrected chi connectivity index (χ0v) is 14.6. The molecular weight excluding hydrogens is 344 g/mol. The number of aromatic nitrogens is 1. The van der Waals surface area contributed by atoms with Gasteiger partial charge in [0, 0.05) is 11.2 Å². The van der Waals surface area contributed by atoms with E-state index in [2.05, 4.69) is 4.98 Å². The Balaban J connectivity index is 1.77. The fourth-order valence-corrected chi connectivity index (χ4v) is 4.04. The highest BCUT2D eigenvalue weighted by atomic mass is 35.5. The van der Waals surface area contributed by atoms with E-state index in [1.54, 1.807) is 6.07 Å². The lowest BCUT2D eigenvalue weighted by Gasteiger charge is -2.08. The molecule has 1 spiro atoms. The molecule has 1 aromatic carbocycles. The van der Waals surface area contributed by atoms with Crippen LogP contribution in [0.3, 0.4) is 0 Å². The van der Waals surface area contributed by atoms with E-state index in [0.29, 0.717) is 5.41 Å². The molecule has 1 aromatic heterocycles. The molecule has 0 aliphatic heterocycles. The highest BCUT2D eigenvalue weighted by Crippen LogP contribution is 2.63. The summed E-state index contributed by atoms with van der Waals surface area (Å²) < 4.78 is 22.8. The number of benzene rings is 1. The molecule has 24 heavy (non-hydrogen) atoms. The molecule has 2 aromatic rings. The lowest BCUT2D eigenvalue weighted by Crippen LogP contribution is -2.12. The molecule has 2 N–H and O–H groups in total. The zero-order chi connectivity index (χ0) is 16.9. The van der Waals surface area contributed by atoms with Crippen molar-refractivity contribution in [1.82, 2.24) is 4.98 Å². The van der Waals surface area contributed by atoms with Crippen molar-refractivity contribution in [1.29, 1.82) is 0 Å². The topological polar surface area (TPSA) is 73.1 Å². The maximum atomic E-state index is 11.4. The Morgan fingerprint density at radius 2 is 1.67 bits per heavy atom. The van der Waals surface area contributed by atoms with Crippen molar-refractivity contribution in [2.45, 2.75) is 30.6 Å². The average Bonchev–Trinajstić information content (AvgIpc) is 3.19. The molecule has 0 bridgehead atoms. The van der Waals surface area contributed by atoms with Gasteiger partial charge >= 0.3 is 0 Å². The molecule has 0 unspecified atom stereocenters. The number of nitrogens with two attached hydrogens (primary N) is 1. The smallest absolute Gasteiger partial charge is 0.239 e. The molecule has 0 radical (unpaired) electrons. The molecule has 4 rings (SSSR count). The maximum Gasteiger partial charge on any atom is 0.239 e. The second-order valence-electron chi connectivity index (χ2n) is 6.74. The number of hydrogen-bond acceptors (Lipinski definition) is 3. The Bertz CT molecular complexity index is 928. The Labute approximate surface area is 146 Å². The summed E-state index contributed by atoms with van der Waals surface area (Å²) in [6, 6.07) is 11.2. The highest BCUT2D eigenvalue weighted by molar-refractivity contribution is 7.89. The molecule has 0 amide bonds. The average molecular weight is 361 g/mol. The van der Waals surface area contributed by atoms with Crippen LogP contribution in [0.4, 0.5) is 0 Å². The Kier molecular flexibility index (Phi) is 3.56. The molecular formula is C18H17ClN2O2S. The first-order valence-electron chi connectivity index (χ1n) is 7.84. The van der Waals surface area contributed by atoms with E-state index in [1.807, 2.05) is 24.3 Å². The highest BCUT2D eigenvalue weighted by Gasteiger charge is 2.48. The third-order valence-electron chi connectivity index (χ3n) is 4.99. The van der Waals surface area contributed by atoms with Crippen LogP contribution in [0, 0.1) is 5.41 Å². The molecule has 1 saturated carbocycles. The number of hydrogen-bond donors (Lipinski definition) is 1. The summed E-state index contributed by atoms with van der Waals surface area (Å²) in [5.41, 5.74) is 4.87. The van der Waals surface area contributed by atoms with Gasteiger partial charge in [0.1, 0.15) is 4.90 Å². The quantitative estimate of drug-likeness (QED) is 0.903. The lowest BCUT2D eigenvalue weighted by atomic mass is 9.99. The lowest BCUT2D eigenvalue weighted by molar-refractivity contribution is 0.567. The Hall–Kier alpha value is -1.69. The second kappa shape index (κ2) is 5.41. The van der Waals surface area contributed by atoms with Crippen molar-refractivity contribution in [3.63, 3.8) is 0 Å². The summed E-state index contributed by atoms with van der Waals surface area (Å²) in [4.78, 5) is 4.41. The predicted molar refractivity (Wildman–Crippen MR) is 94.8 cm³/mol. The van der Waals surface area contributed by atoms with Crippen molar-refractivity contribution < 1.29 is 8.42 Å². The number of sulfonamides is 1. The van der Waals surface area contributed by atoms with Gasteiger partial charge in [0.05, 0.1) is 5.69 Å². The SMILES string of the molecule is NS(=O)(=O)c1ccc(C2=C(c3ccc(Cl)cc3)CC3(CC3)C2)nc1. The van der Waals surface area contributed by atoms with Crippen molar-refractivity contribution in [2.75, 3.05) is 0 Å². The van der Waals surface area contributed by atoms with Gasteiger partial charge in [-0.05, 0) is 72.1 Å². The summed E-state index contributed by atoms with van der Waals surface area (Å²) in [5, 5.41) is 5.87. The van der Waals surface area contributed by atoms with E-state index in [1.165, 1.54) is 36.3 Å². The van der Waals surface area contributed by atoms with Gasteiger partial charge in [-0.2, -0.15) is 0 Å². The summed E-state index contributed by atoms with van der Waals surface area (Å²) in [6.45, 7) is 0. The minimum atomic E-state index is -3.72. The van der Waals surface area contributed by atoms with Crippen molar-refractivity contribution in [2.24, 2.45) is 10.6 Å². The minimum absolute atomic E-state index is 0.0408. The number of allylic oxidation sites excluding steroid dienone is 2. The Morgan fingerprint density at radius 3 is 2.21 bits per heavy atom. The van der Waals surface area contributed by atoms with Gasteiger partial charge in [0.25, 0.3) is 0 Å². The van der Waals surface area contributed by atoms with Crippen LogP contribution in [0.2, 0.25) is 5.02 Å². The standard InChI is InChI=1S/C18H17ClN2O2S/c19-13-3-1-12(2-4-13)15-9-18(7-8-18)10-16(15)17-6-5-14(11-21-17)24(20,22)23/h1-6,11H,7-10H2,(H2,20,22,23). The number of nitrogens with zero attached hydrogens (tertiary/aromatic N) is 1. The van der Waals surface area contributed by atoms with Gasteiger partial charge in [-0.1, -0.05) is 23.7 Å². The molecule has 1 heterocycles. The fourth-order valence-electron chi connectivity index (χ4n) is 3.46. The van der Waals surface area contributed by atoms with Crippen LogP contribution in [-0.4, -0.2) is 13.4 Å². The predicted octanol–water partition coefficient (Wildman–Crippen LogP) is 3.87. The van der Waals surface area contributed by atoms with Crippen molar-refractivity contribution >= 4 is 32.8 Å². The van der Waals surface area contributed by atoms with Crippen molar-refractivity contribution in [3.05, 3.63) is 58.9 Å². The van der Waals surface area contributed by atoms with E-state index in [9.17, 15) is 8.42 Å². The van der Waals surface area contributed by atoms with Gasteiger partial charge in [-0.25, -0.2) is 13.6 Å². The summed E-state index contributed by atoms with van der Waals surface area (Å²) in [7, 11) is -3.72. The molecule has 4 nitrogen and oxygen atoms in total. The number of pyridine rings is 1. The Morgan fingerprint density at radius 1 is 1.00 bits per heavy atom. The normalized spacial score (nSPS) is 19.1. The summed E-state index contributed by atoms with van der Waals surface area (Å²) in [5.74, 6) is 0. The van der Waals surface area contributed by atoms with E-state index in [0.717, 1.165) is 29.1 Å². The first-order valence-corrected chi connectivity index (χ1v) is 9.76. The van der Waals surface area contributed by atoms with Gasteiger partial charge in [-0.3, -0.25) is 4.98 Å². The molecule has 0 atom stereocenters. The first kappa shape index (κ1) is 15.8. The molecule has 2 aliphatic carbocycles. The van der Waals surface area contributed by atoms with E-state index < -0.39 is 10.0 Å². The van der Waals surface area contributed by atoms with Crippen LogP contribution in [0.5, 0.6) is 0 Å². The third kappa shape index (κ3) is 2.88. The molecule has 1 fully saturated rings. The molecule has 124 valence electrons. The van der Waals surface area contributed by atoms with E-state index >= 15 is 0 Å². The second-order valence-corrected chi connectivity index (χ2v) is 8.74. The zero-order valence-electron chi connectivity index (χ0n) is 13.0. The maximum absolute atomic E-state index is 11.4. The molecule has 2 aliphatic rings. The van der Waals surface area contributed by atoms with E-state index in [-0.39, 0.29) is 4.90 Å². The monoisotopic (exact) mass is 360 g/mol. The third-order valence-corrected chi connectivity index (χ3v) is 6.14.